The van der Waals surface area contributed by atoms with Crippen LogP contribution in [0.3, 0.4) is 0 Å². The number of amides is 3. The molecule has 27 heavy (non-hydrogen) atoms. The number of benzene rings is 2. The van der Waals surface area contributed by atoms with Crippen LogP contribution in [-0.2, 0) is 11.2 Å². The molecule has 0 bridgehead atoms. The number of rotatable bonds is 3. The van der Waals surface area contributed by atoms with Gasteiger partial charge < -0.3 is 4.90 Å². The minimum absolute atomic E-state index is 0.00941. The molecule has 5 nitrogen and oxygen atoms in total. The lowest BCUT2D eigenvalue weighted by Crippen LogP contribution is -2.39. The van der Waals surface area contributed by atoms with Crippen LogP contribution in [0.2, 0.25) is 0 Å². The van der Waals surface area contributed by atoms with Crippen molar-refractivity contribution in [1.82, 2.24) is 4.90 Å². The summed E-state index contributed by atoms with van der Waals surface area (Å²) in [4.78, 5) is 40.3. The molecule has 0 aliphatic carbocycles. The number of hydrogen-bond acceptors (Lipinski definition) is 3. The van der Waals surface area contributed by atoms with E-state index in [-0.39, 0.29) is 30.7 Å². The zero-order chi connectivity index (χ0) is 19.1. The van der Waals surface area contributed by atoms with Gasteiger partial charge in [0.25, 0.3) is 11.8 Å². The molecule has 3 amide bonds. The lowest BCUT2D eigenvalue weighted by atomic mass is 10.0. The second-order valence-electron chi connectivity index (χ2n) is 6.96. The molecule has 2 heterocycles. The van der Waals surface area contributed by atoms with Crippen molar-refractivity contribution in [2.24, 2.45) is 0 Å². The quantitative estimate of drug-likeness (QED) is 0.785. The Morgan fingerprint density at radius 3 is 2.70 bits per heavy atom. The van der Waals surface area contributed by atoms with Crippen molar-refractivity contribution in [3.63, 3.8) is 0 Å². The van der Waals surface area contributed by atoms with Gasteiger partial charge in [-0.2, -0.15) is 0 Å². The van der Waals surface area contributed by atoms with Gasteiger partial charge in [0.2, 0.25) is 5.91 Å². The number of halogens is 1. The maximum Gasteiger partial charge on any atom is 0.261 e. The minimum Gasteiger partial charge on any atom is -0.309 e. The average molecular weight is 366 g/mol. The molecule has 4 rings (SSSR count). The van der Waals surface area contributed by atoms with Gasteiger partial charge in [-0.15, -0.1) is 0 Å². The van der Waals surface area contributed by atoms with Crippen LogP contribution in [0, 0.1) is 12.7 Å². The van der Waals surface area contributed by atoms with Crippen molar-refractivity contribution in [2.75, 3.05) is 18.0 Å². The molecule has 138 valence electrons. The molecule has 6 heteroatoms. The first-order valence-electron chi connectivity index (χ1n) is 9.02. The zero-order valence-electron chi connectivity index (χ0n) is 15.0. The first-order valence-corrected chi connectivity index (χ1v) is 9.02. The fraction of sp³-hybridized carbons (Fsp3) is 0.286. The summed E-state index contributed by atoms with van der Waals surface area (Å²) in [6, 6.07) is 9.92. The van der Waals surface area contributed by atoms with E-state index in [1.54, 1.807) is 24.3 Å². The molecule has 0 radical (unpaired) electrons. The summed E-state index contributed by atoms with van der Waals surface area (Å²) in [5.74, 6) is -1.46. The fourth-order valence-electron chi connectivity index (χ4n) is 3.80. The van der Waals surface area contributed by atoms with Gasteiger partial charge in [-0.25, -0.2) is 4.39 Å². The van der Waals surface area contributed by atoms with Crippen molar-refractivity contribution in [3.8, 4) is 0 Å². The second kappa shape index (κ2) is 6.61. The van der Waals surface area contributed by atoms with Crippen LogP contribution in [0.5, 0.6) is 0 Å². The Labute approximate surface area is 156 Å². The number of aryl methyl sites for hydroxylation is 2. The smallest absolute Gasteiger partial charge is 0.261 e. The van der Waals surface area contributed by atoms with Crippen LogP contribution in [0.4, 0.5) is 10.1 Å². The Morgan fingerprint density at radius 2 is 1.89 bits per heavy atom. The highest BCUT2D eigenvalue weighted by Crippen LogP contribution is 2.31. The van der Waals surface area contributed by atoms with E-state index in [1.165, 1.54) is 11.0 Å². The molecule has 2 aliphatic rings. The number of fused-ring (bicyclic) bond motifs is 2. The predicted molar refractivity (Wildman–Crippen MR) is 98.2 cm³/mol. The lowest BCUT2D eigenvalue weighted by Gasteiger charge is -2.30. The van der Waals surface area contributed by atoms with E-state index in [4.69, 9.17) is 0 Å². The van der Waals surface area contributed by atoms with E-state index in [9.17, 15) is 18.8 Å². The maximum atomic E-state index is 14.3. The van der Waals surface area contributed by atoms with Crippen LogP contribution in [-0.4, -0.2) is 35.7 Å². The third-order valence-corrected chi connectivity index (χ3v) is 5.14. The monoisotopic (exact) mass is 366 g/mol. The van der Waals surface area contributed by atoms with Crippen molar-refractivity contribution in [1.29, 1.82) is 0 Å². The highest BCUT2D eigenvalue weighted by molar-refractivity contribution is 6.21. The normalized spacial score (nSPS) is 15.8. The lowest BCUT2D eigenvalue weighted by molar-refractivity contribution is -0.118. The average Bonchev–Trinajstić information content (AvgIpc) is 2.89. The van der Waals surface area contributed by atoms with Crippen molar-refractivity contribution in [2.45, 2.75) is 26.2 Å². The second-order valence-corrected chi connectivity index (χ2v) is 6.96. The summed E-state index contributed by atoms with van der Waals surface area (Å²) >= 11 is 0. The number of anilines is 1. The van der Waals surface area contributed by atoms with E-state index in [2.05, 4.69) is 0 Å². The highest BCUT2D eigenvalue weighted by atomic mass is 19.1. The fourth-order valence-corrected chi connectivity index (χ4v) is 3.80. The molecular weight excluding hydrogens is 347 g/mol. The predicted octanol–water partition coefficient (Wildman–Crippen LogP) is 3.10. The Hall–Kier alpha value is -3.02. The van der Waals surface area contributed by atoms with Crippen LogP contribution in [0.15, 0.2) is 36.4 Å². The number of nitrogens with zero attached hydrogens (tertiary/aromatic N) is 2. The number of hydrogen-bond donors (Lipinski definition) is 0. The Kier molecular flexibility index (Phi) is 4.26. The topological polar surface area (TPSA) is 57.7 Å². The van der Waals surface area contributed by atoms with Crippen molar-refractivity contribution in [3.05, 3.63) is 64.5 Å². The molecule has 0 atom stereocenters. The molecule has 0 saturated heterocycles. The standard InChI is InChI=1S/C21H19FN2O3/c1-13-7-8-15-16(12-13)21(27)24(20(15)26)11-9-18(25)23-10-3-5-14-4-2-6-17(22)19(14)23/h2,4,6-8,12H,3,5,9-11H2,1H3. The first-order chi connectivity index (χ1) is 13.0. The van der Waals surface area contributed by atoms with Gasteiger partial charge in [-0.1, -0.05) is 23.8 Å². The van der Waals surface area contributed by atoms with Crippen LogP contribution in [0.1, 0.15) is 44.7 Å². The molecule has 0 saturated carbocycles. The maximum absolute atomic E-state index is 14.3. The van der Waals surface area contributed by atoms with Crippen molar-refractivity contribution < 1.29 is 18.8 Å². The third kappa shape index (κ3) is 2.91. The highest BCUT2D eigenvalue weighted by Gasteiger charge is 2.36. The number of para-hydroxylation sites is 1. The van der Waals surface area contributed by atoms with E-state index < -0.39 is 5.82 Å². The summed E-state index contributed by atoms with van der Waals surface area (Å²) in [7, 11) is 0. The summed E-state index contributed by atoms with van der Waals surface area (Å²) in [5, 5.41) is 0. The number of carbonyl (C=O) groups excluding carboxylic acids is 3. The van der Waals surface area contributed by atoms with Gasteiger partial charge in [0.05, 0.1) is 16.8 Å². The van der Waals surface area contributed by atoms with Crippen LogP contribution < -0.4 is 4.90 Å². The molecule has 0 spiro atoms. The number of carbonyl (C=O) groups is 3. The molecule has 0 unspecified atom stereocenters. The molecule has 2 aromatic carbocycles. The van der Waals surface area contributed by atoms with E-state index in [1.807, 2.05) is 13.0 Å². The van der Waals surface area contributed by atoms with E-state index >= 15 is 0 Å². The first kappa shape index (κ1) is 17.4. The SMILES string of the molecule is Cc1ccc2c(c1)C(=O)N(CCC(=O)N1CCCc3cccc(F)c31)C2=O. The third-order valence-electron chi connectivity index (χ3n) is 5.14. The van der Waals surface area contributed by atoms with Crippen LogP contribution in [0.25, 0.3) is 0 Å². The Balaban J connectivity index is 1.50. The van der Waals surface area contributed by atoms with Gasteiger partial charge in [-0.05, 0) is 43.5 Å². The van der Waals surface area contributed by atoms with Gasteiger partial charge in [0.1, 0.15) is 5.82 Å². The van der Waals surface area contributed by atoms with Gasteiger partial charge in [0.15, 0.2) is 0 Å². The number of imide groups is 1. The summed E-state index contributed by atoms with van der Waals surface area (Å²) in [6.45, 7) is 2.28. The summed E-state index contributed by atoms with van der Waals surface area (Å²) in [5.41, 5.74) is 2.78. The zero-order valence-corrected chi connectivity index (χ0v) is 15.0. The minimum atomic E-state index is -0.420. The molecule has 2 aliphatic heterocycles. The summed E-state index contributed by atoms with van der Waals surface area (Å²) < 4.78 is 14.3. The summed E-state index contributed by atoms with van der Waals surface area (Å²) in [6.07, 6.45) is 1.46. The Bertz CT molecular complexity index is 970. The van der Waals surface area contributed by atoms with Gasteiger partial charge >= 0.3 is 0 Å². The molecule has 2 aromatic rings. The molecule has 0 aromatic heterocycles. The molecule has 0 fully saturated rings. The van der Waals surface area contributed by atoms with Crippen molar-refractivity contribution >= 4 is 23.4 Å². The molecular formula is C21H19FN2O3. The van der Waals surface area contributed by atoms with Gasteiger partial charge in [-0.3, -0.25) is 19.3 Å². The van der Waals surface area contributed by atoms with Crippen LogP contribution >= 0.6 is 0 Å². The molecule has 0 N–H and O–H groups in total. The van der Waals surface area contributed by atoms with Gasteiger partial charge in [0, 0.05) is 19.5 Å². The van der Waals surface area contributed by atoms with E-state index in [0.29, 0.717) is 23.4 Å². The van der Waals surface area contributed by atoms with E-state index in [0.717, 1.165) is 28.9 Å². The Morgan fingerprint density at radius 1 is 1.11 bits per heavy atom. The largest absolute Gasteiger partial charge is 0.309 e.